The average Bonchev–Trinajstić information content (AvgIpc) is 3.18. The summed E-state index contributed by atoms with van der Waals surface area (Å²) in [6.45, 7) is 1.84. The Morgan fingerprint density at radius 1 is 1.38 bits per heavy atom. The molecule has 0 bridgehead atoms. The Labute approximate surface area is 137 Å². The molecule has 0 radical (unpaired) electrons. The smallest absolute Gasteiger partial charge is 0.310 e. The Hall–Kier alpha value is -2.89. The van der Waals surface area contributed by atoms with Crippen molar-refractivity contribution < 1.29 is 13.9 Å². The second-order valence-electron chi connectivity index (χ2n) is 6.02. The fourth-order valence-electron chi connectivity index (χ4n) is 2.96. The van der Waals surface area contributed by atoms with Gasteiger partial charge in [-0.3, -0.25) is 14.0 Å². The van der Waals surface area contributed by atoms with Crippen molar-refractivity contribution in [3.63, 3.8) is 0 Å². The molecule has 24 heavy (non-hydrogen) atoms. The lowest BCUT2D eigenvalue weighted by molar-refractivity contribution is -0.146. The maximum absolute atomic E-state index is 12.2. The number of carbonyl (C=O) groups is 1. The highest BCUT2D eigenvalue weighted by atomic mass is 16.5. The van der Waals surface area contributed by atoms with Gasteiger partial charge in [-0.25, -0.2) is 4.98 Å². The molecular formula is C18H16N2O4. The number of hydrogen-bond donors (Lipinski definition) is 0. The Morgan fingerprint density at radius 3 is 3.04 bits per heavy atom. The molecule has 6 nitrogen and oxygen atoms in total. The first-order chi connectivity index (χ1) is 11.6. The summed E-state index contributed by atoms with van der Waals surface area (Å²) < 4.78 is 12.2. The van der Waals surface area contributed by atoms with Crippen LogP contribution in [0.5, 0.6) is 0 Å². The number of hydrogen-bond acceptors (Lipinski definition) is 5. The topological polar surface area (TPSA) is 73.8 Å². The summed E-state index contributed by atoms with van der Waals surface area (Å²) in [5, 5.41) is 0. The normalized spacial score (nSPS) is 19.4. The van der Waals surface area contributed by atoms with Crippen molar-refractivity contribution in [3.05, 3.63) is 70.2 Å². The minimum Gasteiger partial charge on any atom is -0.469 e. The highest BCUT2D eigenvalue weighted by molar-refractivity contribution is 5.77. The molecule has 0 aromatic carbocycles. The van der Waals surface area contributed by atoms with Crippen LogP contribution in [0.15, 0.2) is 51.9 Å². The standard InChI is InChI=1S/C18H16N2O4/c1-11-4-2-6-16-19-12(8-17(21)20(11)16)10-24-18(22)14-9-13(14)15-5-3-7-23-15/h2-8,13-14H,9-10H2,1H3. The zero-order chi connectivity index (χ0) is 16.7. The minimum absolute atomic E-state index is 0.000109. The Bertz CT molecular complexity index is 959. The van der Waals surface area contributed by atoms with Gasteiger partial charge in [0.15, 0.2) is 0 Å². The van der Waals surface area contributed by atoms with E-state index >= 15 is 0 Å². The number of carbonyl (C=O) groups excluding carboxylic acids is 1. The molecule has 122 valence electrons. The van der Waals surface area contributed by atoms with Crippen molar-refractivity contribution in [2.75, 3.05) is 0 Å². The fourth-order valence-corrected chi connectivity index (χ4v) is 2.96. The summed E-state index contributed by atoms with van der Waals surface area (Å²) in [5.74, 6) is 0.474. The van der Waals surface area contributed by atoms with Crippen LogP contribution in [0.4, 0.5) is 0 Å². The van der Waals surface area contributed by atoms with Crippen molar-refractivity contribution in [1.82, 2.24) is 9.38 Å². The van der Waals surface area contributed by atoms with Crippen molar-refractivity contribution in [1.29, 1.82) is 0 Å². The van der Waals surface area contributed by atoms with Crippen LogP contribution in [0.1, 0.15) is 29.5 Å². The molecular weight excluding hydrogens is 308 g/mol. The lowest BCUT2D eigenvalue weighted by atomic mass is 10.2. The first kappa shape index (κ1) is 14.7. The number of pyridine rings is 1. The summed E-state index contributed by atoms with van der Waals surface area (Å²) in [6.07, 6.45) is 2.34. The lowest BCUT2D eigenvalue weighted by Crippen LogP contribution is -2.18. The Morgan fingerprint density at radius 2 is 2.25 bits per heavy atom. The van der Waals surface area contributed by atoms with E-state index < -0.39 is 0 Å². The van der Waals surface area contributed by atoms with E-state index in [1.165, 1.54) is 10.5 Å². The van der Waals surface area contributed by atoms with Gasteiger partial charge in [-0.05, 0) is 37.6 Å². The van der Waals surface area contributed by atoms with Gasteiger partial charge in [-0.15, -0.1) is 0 Å². The van der Waals surface area contributed by atoms with Gasteiger partial charge in [-0.1, -0.05) is 6.07 Å². The molecule has 3 aromatic rings. The zero-order valence-electron chi connectivity index (χ0n) is 13.1. The van der Waals surface area contributed by atoms with Gasteiger partial charge in [0.1, 0.15) is 18.0 Å². The summed E-state index contributed by atoms with van der Waals surface area (Å²) in [4.78, 5) is 28.7. The third-order valence-electron chi connectivity index (χ3n) is 4.30. The van der Waals surface area contributed by atoms with Crippen LogP contribution in [0.3, 0.4) is 0 Å². The fraction of sp³-hybridized carbons (Fsp3) is 0.278. The molecule has 0 N–H and O–H groups in total. The highest BCUT2D eigenvalue weighted by Gasteiger charge is 2.47. The Kier molecular flexibility index (Phi) is 3.45. The second kappa shape index (κ2) is 5.63. The monoisotopic (exact) mass is 324 g/mol. The van der Waals surface area contributed by atoms with Gasteiger partial charge in [0, 0.05) is 17.7 Å². The van der Waals surface area contributed by atoms with E-state index in [1.807, 2.05) is 31.2 Å². The molecule has 1 aliphatic carbocycles. The summed E-state index contributed by atoms with van der Waals surface area (Å²) in [5.41, 5.74) is 1.64. The molecule has 2 atom stereocenters. The van der Waals surface area contributed by atoms with Crippen LogP contribution < -0.4 is 5.56 Å². The number of rotatable bonds is 4. The molecule has 6 heteroatoms. The summed E-state index contributed by atoms with van der Waals surface area (Å²) >= 11 is 0. The SMILES string of the molecule is Cc1cccc2nc(COC(=O)C3CC3c3ccco3)cc(=O)n12. The van der Waals surface area contributed by atoms with Gasteiger partial charge in [-0.2, -0.15) is 0 Å². The molecule has 1 saturated carbocycles. The Balaban J connectivity index is 1.46. The van der Waals surface area contributed by atoms with E-state index in [4.69, 9.17) is 9.15 Å². The third-order valence-corrected chi connectivity index (χ3v) is 4.30. The largest absolute Gasteiger partial charge is 0.469 e. The minimum atomic E-state index is -0.275. The molecule has 1 aliphatic rings. The van der Waals surface area contributed by atoms with E-state index in [2.05, 4.69) is 4.98 Å². The maximum atomic E-state index is 12.2. The predicted molar refractivity (Wildman–Crippen MR) is 85.6 cm³/mol. The molecule has 0 spiro atoms. The zero-order valence-corrected chi connectivity index (χ0v) is 13.1. The number of aryl methyl sites for hydroxylation is 1. The number of aromatic nitrogens is 2. The average molecular weight is 324 g/mol. The van der Waals surface area contributed by atoms with E-state index in [1.54, 1.807) is 12.3 Å². The summed E-state index contributed by atoms with van der Waals surface area (Å²) in [6, 6.07) is 10.5. The number of nitrogens with zero attached hydrogens (tertiary/aromatic N) is 2. The number of esters is 1. The van der Waals surface area contributed by atoms with Gasteiger partial charge in [0.05, 0.1) is 17.9 Å². The highest BCUT2D eigenvalue weighted by Crippen LogP contribution is 2.48. The molecule has 3 aromatic heterocycles. The number of ether oxygens (including phenoxy) is 1. The van der Waals surface area contributed by atoms with E-state index in [9.17, 15) is 9.59 Å². The maximum Gasteiger partial charge on any atom is 0.310 e. The number of fused-ring (bicyclic) bond motifs is 1. The van der Waals surface area contributed by atoms with Crippen LogP contribution in [-0.2, 0) is 16.1 Å². The molecule has 1 fully saturated rings. The predicted octanol–water partition coefficient (Wildman–Crippen LogP) is 2.44. The van der Waals surface area contributed by atoms with E-state index in [0.29, 0.717) is 11.3 Å². The van der Waals surface area contributed by atoms with Gasteiger partial charge in [0.2, 0.25) is 0 Å². The third kappa shape index (κ3) is 2.60. The van der Waals surface area contributed by atoms with Crippen LogP contribution in [-0.4, -0.2) is 15.4 Å². The molecule has 0 amide bonds. The van der Waals surface area contributed by atoms with Gasteiger partial charge >= 0.3 is 5.97 Å². The van der Waals surface area contributed by atoms with Gasteiger partial charge in [0.25, 0.3) is 5.56 Å². The lowest BCUT2D eigenvalue weighted by Gasteiger charge is -2.07. The molecule has 3 heterocycles. The van der Waals surface area contributed by atoms with Crippen LogP contribution >= 0.6 is 0 Å². The van der Waals surface area contributed by atoms with Gasteiger partial charge < -0.3 is 9.15 Å². The van der Waals surface area contributed by atoms with Crippen LogP contribution in [0.25, 0.3) is 5.65 Å². The van der Waals surface area contributed by atoms with Crippen molar-refractivity contribution in [3.8, 4) is 0 Å². The van der Waals surface area contributed by atoms with Crippen molar-refractivity contribution in [2.45, 2.75) is 25.9 Å². The molecule has 0 aliphatic heterocycles. The molecule has 0 saturated heterocycles. The molecule has 2 unspecified atom stereocenters. The molecule has 4 rings (SSSR count). The van der Waals surface area contributed by atoms with Crippen molar-refractivity contribution >= 4 is 11.6 Å². The van der Waals surface area contributed by atoms with Crippen molar-refractivity contribution in [2.24, 2.45) is 5.92 Å². The number of furan rings is 1. The first-order valence-electron chi connectivity index (χ1n) is 7.82. The van der Waals surface area contributed by atoms with Crippen LogP contribution in [0, 0.1) is 12.8 Å². The summed E-state index contributed by atoms with van der Waals surface area (Å²) in [7, 11) is 0. The first-order valence-corrected chi connectivity index (χ1v) is 7.82. The van der Waals surface area contributed by atoms with E-state index in [0.717, 1.165) is 17.9 Å². The van der Waals surface area contributed by atoms with Crippen LogP contribution in [0.2, 0.25) is 0 Å². The van der Waals surface area contributed by atoms with E-state index in [-0.39, 0.29) is 30.0 Å². The second-order valence-corrected chi connectivity index (χ2v) is 6.02. The quantitative estimate of drug-likeness (QED) is 0.689.